The van der Waals surface area contributed by atoms with Gasteiger partial charge in [-0.05, 0) is 43.3 Å². The molecule has 2 aromatic carbocycles. The summed E-state index contributed by atoms with van der Waals surface area (Å²) in [6, 6.07) is 15.3. The quantitative estimate of drug-likeness (QED) is 0.826. The number of benzene rings is 2. The fraction of sp³-hybridized carbons (Fsp3) is 0.350. The maximum atomic E-state index is 12.0. The van der Waals surface area contributed by atoms with Crippen LogP contribution in [0.5, 0.6) is 17.2 Å². The highest BCUT2D eigenvalue weighted by molar-refractivity contribution is 5.83. The minimum absolute atomic E-state index is 0.128. The molecule has 1 atom stereocenters. The number of fused-ring (bicyclic) bond motifs is 1. The first-order chi connectivity index (χ1) is 12.7. The molecule has 0 aliphatic carbocycles. The molecule has 3 rings (SSSR count). The van der Waals surface area contributed by atoms with Crippen molar-refractivity contribution in [2.45, 2.75) is 13.0 Å². The van der Waals surface area contributed by atoms with Gasteiger partial charge in [-0.1, -0.05) is 12.1 Å². The molecule has 0 bridgehead atoms. The molecule has 1 N–H and O–H groups in total. The zero-order valence-electron chi connectivity index (χ0n) is 15.1. The predicted molar refractivity (Wildman–Crippen MR) is 100 cm³/mol. The Bertz CT molecular complexity index is 733. The molecule has 6 nitrogen and oxygen atoms in total. The van der Waals surface area contributed by atoms with Crippen LogP contribution in [0.3, 0.4) is 0 Å². The van der Waals surface area contributed by atoms with Crippen molar-refractivity contribution in [3.8, 4) is 17.2 Å². The Morgan fingerprint density at radius 1 is 1.15 bits per heavy atom. The Morgan fingerprint density at radius 2 is 1.85 bits per heavy atom. The molecular weight excluding hydrogens is 332 g/mol. The molecule has 2 aromatic rings. The first kappa shape index (κ1) is 17.9. The van der Waals surface area contributed by atoms with Crippen LogP contribution in [0.4, 0.5) is 5.69 Å². The van der Waals surface area contributed by atoms with Gasteiger partial charge in [-0.25, -0.2) is 0 Å². The van der Waals surface area contributed by atoms with E-state index < -0.39 is 6.10 Å². The van der Waals surface area contributed by atoms with Crippen LogP contribution in [0.25, 0.3) is 0 Å². The van der Waals surface area contributed by atoms with Crippen LogP contribution >= 0.6 is 0 Å². The highest BCUT2D eigenvalue weighted by atomic mass is 16.5. The van der Waals surface area contributed by atoms with Gasteiger partial charge in [-0.2, -0.15) is 0 Å². The monoisotopic (exact) mass is 356 g/mol. The largest absolute Gasteiger partial charge is 0.494 e. The Hall–Kier alpha value is -2.89. The number of ether oxygens (including phenoxy) is 3. The van der Waals surface area contributed by atoms with Crippen molar-refractivity contribution in [1.82, 2.24) is 5.32 Å². The second-order valence-electron chi connectivity index (χ2n) is 5.89. The number of hydrogen-bond acceptors (Lipinski definition) is 5. The first-order valence-corrected chi connectivity index (χ1v) is 8.79. The Balaban J connectivity index is 1.61. The Kier molecular flexibility index (Phi) is 5.84. The number of nitrogens with one attached hydrogen (secondary N) is 1. The van der Waals surface area contributed by atoms with Gasteiger partial charge in [-0.3, -0.25) is 4.79 Å². The number of carbonyl (C=O) groups excluding carboxylic acids is 1. The minimum atomic E-state index is -0.527. The SMILES string of the molecule is CCOc1ccc(OCCN2C[C@H](C(=O)NC)Oc3ccccc32)cc1. The molecule has 1 heterocycles. The highest BCUT2D eigenvalue weighted by Gasteiger charge is 2.29. The van der Waals surface area contributed by atoms with Gasteiger partial charge in [-0.15, -0.1) is 0 Å². The van der Waals surface area contributed by atoms with Crippen molar-refractivity contribution < 1.29 is 19.0 Å². The molecule has 0 saturated heterocycles. The second-order valence-corrected chi connectivity index (χ2v) is 5.89. The molecule has 1 amide bonds. The summed E-state index contributed by atoms with van der Waals surface area (Å²) in [7, 11) is 1.62. The van der Waals surface area contributed by atoms with E-state index in [0.29, 0.717) is 32.1 Å². The van der Waals surface area contributed by atoms with E-state index in [0.717, 1.165) is 17.2 Å². The Morgan fingerprint density at radius 3 is 2.54 bits per heavy atom. The van der Waals surface area contributed by atoms with E-state index in [1.54, 1.807) is 7.05 Å². The summed E-state index contributed by atoms with van der Waals surface area (Å²) in [5.41, 5.74) is 0.975. The molecule has 0 radical (unpaired) electrons. The first-order valence-electron chi connectivity index (χ1n) is 8.79. The van der Waals surface area contributed by atoms with E-state index in [9.17, 15) is 4.79 Å². The number of anilines is 1. The van der Waals surface area contributed by atoms with Gasteiger partial charge in [0.15, 0.2) is 6.10 Å². The van der Waals surface area contributed by atoms with E-state index in [1.165, 1.54) is 0 Å². The van der Waals surface area contributed by atoms with Crippen LogP contribution in [-0.4, -0.2) is 45.4 Å². The molecule has 6 heteroatoms. The van der Waals surface area contributed by atoms with Crippen molar-refractivity contribution in [2.24, 2.45) is 0 Å². The predicted octanol–water partition coefficient (Wildman–Crippen LogP) is 2.48. The zero-order chi connectivity index (χ0) is 18.4. The number of likely N-dealkylation sites (N-methyl/N-ethyl adjacent to an activating group) is 1. The van der Waals surface area contributed by atoms with Crippen molar-refractivity contribution in [1.29, 1.82) is 0 Å². The third-order valence-corrected chi connectivity index (χ3v) is 4.16. The van der Waals surface area contributed by atoms with Crippen LogP contribution < -0.4 is 24.4 Å². The molecule has 0 unspecified atom stereocenters. The van der Waals surface area contributed by atoms with Crippen molar-refractivity contribution in [3.63, 3.8) is 0 Å². The van der Waals surface area contributed by atoms with Crippen LogP contribution in [0.2, 0.25) is 0 Å². The summed E-state index contributed by atoms with van der Waals surface area (Å²) in [5, 5.41) is 2.65. The van der Waals surface area contributed by atoms with Crippen molar-refractivity contribution >= 4 is 11.6 Å². The number of carbonyl (C=O) groups is 1. The third-order valence-electron chi connectivity index (χ3n) is 4.16. The molecule has 1 aliphatic heterocycles. The fourth-order valence-electron chi connectivity index (χ4n) is 2.89. The Labute approximate surface area is 153 Å². The zero-order valence-corrected chi connectivity index (χ0v) is 15.1. The smallest absolute Gasteiger partial charge is 0.262 e. The van der Waals surface area contributed by atoms with E-state index in [4.69, 9.17) is 14.2 Å². The standard InChI is InChI=1S/C20H24N2O4/c1-3-24-15-8-10-16(11-9-15)25-13-12-22-14-19(20(23)21-2)26-18-7-5-4-6-17(18)22/h4-11,19H,3,12-14H2,1-2H3,(H,21,23)/t19-/m1/s1. The van der Waals surface area contributed by atoms with Gasteiger partial charge in [0.2, 0.25) is 0 Å². The third kappa shape index (κ3) is 4.20. The van der Waals surface area contributed by atoms with E-state index in [2.05, 4.69) is 10.2 Å². The molecule has 0 saturated carbocycles. The normalized spacial score (nSPS) is 15.6. The summed E-state index contributed by atoms with van der Waals surface area (Å²) in [6.07, 6.45) is -0.527. The lowest BCUT2D eigenvalue weighted by atomic mass is 10.2. The summed E-state index contributed by atoms with van der Waals surface area (Å²) in [6.45, 7) is 4.24. The van der Waals surface area contributed by atoms with Crippen LogP contribution in [0.1, 0.15) is 6.92 Å². The number of rotatable bonds is 7. The van der Waals surface area contributed by atoms with Gasteiger partial charge >= 0.3 is 0 Å². The van der Waals surface area contributed by atoms with Gasteiger partial charge in [0.25, 0.3) is 5.91 Å². The average Bonchev–Trinajstić information content (AvgIpc) is 2.68. The van der Waals surface area contributed by atoms with Crippen LogP contribution in [0.15, 0.2) is 48.5 Å². The number of hydrogen-bond donors (Lipinski definition) is 1. The van der Waals surface area contributed by atoms with E-state index in [-0.39, 0.29) is 5.91 Å². The molecule has 0 aromatic heterocycles. The fourth-order valence-corrected chi connectivity index (χ4v) is 2.89. The van der Waals surface area contributed by atoms with Gasteiger partial charge < -0.3 is 24.4 Å². The summed E-state index contributed by atoms with van der Waals surface area (Å²) < 4.78 is 17.1. The minimum Gasteiger partial charge on any atom is -0.494 e. The molecule has 1 aliphatic rings. The molecule has 138 valence electrons. The van der Waals surface area contributed by atoms with Crippen LogP contribution in [-0.2, 0) is 4.79 Å². The number of para-hydroxylation sites is 2. The van der Waals surface area contributed by atoms with Crippen molar-refractivity contribution in [2.75, 3.05) is 38.3 Å². The number of amides is 1. The summed E-state index contributed by atoms with van der Waals surface area (Å²) in [4.78, 5) is 14.1. The molecule has 0 spiro atoms. The molecule has 26 heavy (non-hydrogen) atoms. The average molecular weight is 356 g/mol. The second kappa shape index (κ2) is 8.47. The van der Waals surface area contributed by atoms with Gasteiger partial charge in [0, 0.05) is 7.05 Å². The van der Waals surface area contributed by atoms with Gasteiger partial charge in [0.05, 0.1) is 25.4 Å². The maximum absolute atomic E-state index is 12.0. The molecule has 0 fully saturated rings. The topological polar surface area (TPSA) is 60.0 Å². The number of nitrogens with zero attached hydrogens (tertiary/aromatic N) is 1. The van der Waals surface area contributed by atoms with Crippen LogP contribution in [0, 0.1) is 0 Å². The lowest BCUT2D eigenvalue weighted by Gasteiger charge is -2.35. The maximum Gasteiger partial charge on any atom is 0.262 e. The van der Waals surface area contributed by atoms with Crippen molar-refractivity contribution in [3.05, 3.63) is 48.5 Å². The summed E-state index contributed by atoms with van der Waals surface area (Å²) >= 11 is 0. The van der Waals surface area contributed by atoms with E-state index >= 15 is 0 Å². The lowest BCUT2D eigenvalue weighted by molar-refractivity contribution is -0.127. The highest BCUT2D eigenvalue weighted by Crippen LogP contribution is 2.32. The lowest BCUT2D eigenvalue weighted by Crippen LogP contribution is -2.49. The molecular formula is C20H24N2O4. The summed E-state index contributed by atoms with van der Waals surface area (Å²) in [5.74, 6) is 2.21. The van der Waals surface area contributed by atoms with Gasteiger partial charge in [0.1, 0.15) is 23.9 Å². The van der Waals surface area contributed by atoms with E-state index in [1.807, 2.05) is 55.5 Å².